The Hall–Kier alpha value is -5.81. The zero-order valence-electron chi connectivity index (χ0n) is 50.3. The van der Waals surface area contributed by atoms with Crippen LogP contribution in [0.1, 0.15) is 159 Å². The maximum absolute atomic E-state index is 11.3. The van der Waals surface area contributed by atoms with E-state index in [2.05, 4.69) is 78.0 Å². The second kappa shape index (κ2) is 41.3. The molecule has 2 saturated carbocycles. The molecule has 3 aliphatic rings. The number of hydrogen-bond donors (Lipinski definition) is 7. The summed E-state index contributed by atoms with van der Waals surface area (Å²) in [7, 11) is 4.03. The Labute approximate surface area is 464 Å². The third kappa shape index (κ3) is 36.8. The summed E-state index contributed by atoms with van der Waals surface area (Å²) in [6.07, 6.45) is 15.4. The van der Waals surface area contributed by atoms with E-state index in [1.54, 1.807) is 30.9 Å². The van der Waals surface area contributed by atoms with E-state index in [1.807, 2.05) is 133 Å². The van der Waals surface area contributed by atoms with Crippen LogP contribution in [0.25, 0.3) is 0 Å². The van der Waals surface area contributed by atoms with Gasteiger partial charge in [-0.15, -0.1) is 0 Å². The van der Waals surface area contributed by atoms with Gasteiger partial charge in [0, 0.05) is 103 Å². The number of rotatable bonds is 16. The molecule has 3 aromatic rings. The van der Waals surface area contributed by atoms with E-state index in [0.29, 0.717) is 31.2 Å². The summed E-state index contributed by atoms with van der Waals surface area (Å²) in [5.41, 5.74) is 3.63. The number of nitrogens with zero attached hydrogens (tertiary/aromatic N) is 4. The molecule has 434 valence electrons. The predicted octanol–water partition coefficient (Wildman–Crippen LogP) is 8.64. The second-order valence-electron chi connectivity index (χ2n) is 22.2. The van der Waals surface area contributed by atoms with Crippen molar-refractivity contribution >= 4 is 41.1 Å². The molecule has 4 heterocycles. The van der Waals surface area contributed by atoms with E-state index in [0.717, 1.165) is 48.2 Å². The van der Waals surface area contributed by atoms with Gasteiger partial charge in [-0.3, -0.25) is 43.7 Å². The number of likely N-dealkylation sites (tertiary alicyclic amines) is 1. The van der Waals surface area contributed by atoms with E-state index in [4.69, 9.17) is 0 Å². The molecule has 17 heteroatoms. The van der Waals surface area contributed by atoms with Crippen molar-refractivity contribution in [3.05, 3.63) is 84.2 Å². The van der Waals surface area contributed by atoms with Crippen LogP contribution in [0.2, 0.25) is 0 Å². The molecule has 3 aromatic heterocycles. The molecule has 0 unspecified atom stereocenters. The van der Waals surface area contributed by atoms with Crippen molar-refractivity contribution in [3.8, 4) is 0 Å². The lowest BCUT2D eigenvalue weighted by molar-refractivity contribution is -0.126. The maximum atomic E-state index is 11.3. The van der Waals surface area contributed by atoms with Gasteiger partial charge in [-0.25, -0.2) is 0 Å². The van der Waals surface area contributed by atoms with Crippen LogP contribution in [0.3, 0.4) is 0 Å². The summed E-state index contributed by atoms with van der Waals surface area (Å²) in [4.78, 5) is 81.3. The number of likely N-dealkylation sites (N-methyl/N-ethyl adjacent to an activating group) is 1. The highest BCUT2D eigenvalue weighted by Crippen LogP contribution is 2.19. The Morgan fingerprint density at radius 3 is 1.39 bits per heavy atom. The van der Waals surface area contributed by atoms with Crippen molar-refractivity contribution in [2.75, 3.05) is 39.0 Å². The fraction of sp³-hybridized carbons (Fsp3) is 0.650. The Morgan fingerprint density at radius 1 is 0.545 bits per heavy atom. The van der Waals surface area contributed by atoms with Gasteiger partial charge in [0.15, 0.2) is 0 Å². The van der Waals surface area contributed by atoms with Crippen molar-refractivity contribution in [2.24, 2.45) is 41.4 Å². The number of hydrogen-bond acceptors (Lipinski definition) is 11. The zero-order chi connectivity index (χ0) is 58.5. The lowest BCUT2D eigenvalue weighted by Gasteiger charge is -2.36. The Bertz CT molecular complexity index is 2010. The smallest absolute Gasteiger partial charge is 0.226 e. The topological polar surface area (TPSA) is 229 Å². The van der Waals surface area contributed by atoms with E-state index in [1.165, 1.54) is 44.9 Å². The molecule has 0 bridgehead atoms. The van der Waals surface area contributed by atoms with Gasteiger partial charge in [0.25, 0.3) is 0 Å². The van der Waals surface area contributed by atoms with Gasteiger partial charge in [-0.1, -0.05) is 122 Å². The molecule has 6 amide bonds. The van der Waals surface area contributed by atoms with Crippen molar-refractivity contribution in [2.45, 2.75) is 180 Å². The molecular weight excluding hydrogens is 971 g/mol. The van der Waals surface area contributed by atoms with Crippen LogP contribution in [-0.4, -0.2) is 107 Å². The molecule has 1 aliphatic heterocycles. The number of carbonyl (C=O) groups excluding carboxylic acids is 6. The summed E-state index contributed by atoms with van der Waals surface area (Å²) in [5.74, 6) is 1.99. The number of aromatic nitrogens is 3. The molecule has 7 N–H and O–H groups in total. The van der Waals surface area contributed by atoms with Crippen LogP contribution in [-0.2, 0) is 41.9 Å². The number of nitrogens with one attached hydrogen (secondary N) is 7. The molecule has 77 heavy (non-hydrogen) atoms. The van der Waals surface area contributed by atoms with Gasteiger partial charge in [-0.2, -0.15) is 0 Å². The third-order valence-corrected chi connectivity index (χ3v) is 11.8. The van der Waals surface area contributed by atoms with Crippen molar-refractivity contribution < 1.29 is 28.8 Å². The fourth-order valence-corrected chi connectivity index (χ4v) is 6.62. The summed E-state index contributed by atoms with van der Waals surface area (Å²) >= 11 is 0. The average molecular weight is 1070 g/mol. The van der Waals surface area contributed by atoms with Crippen LogP contribution in [0.5, 0.6) is 0 Å². The molecule has 0 aromatic carbocycles. The minimum absolute atomic E-state index is 0.00784. The Balaban J connectivity index is 0.000000883. The van der Waals surface area contributed by atoms with Crippen LogP contribution in [0.4, 0.5) is 5.69 Å². The molecule has 0 atom stereocenters. The van der Waals surface area contributed by atoms with Gasteiger partial charge in [0.05, 0.1) is 18.3 Å². The highest BCUT2D eigenvalue weighted by atomic mass is 16.2. The highest BCUT2D eigenvalue weighted by Gasteiger charge is 2.25. The summed E-state index contributed by atoms with van der Waals surface area (Å²) in [6, 6.07) is 14.4. The molecular formula is C60H103N11O6. The lowest BCUT2D eigenvalue weighted by Crippen LogP contribution is -2.58. The standard InChI is InChI=1S/3C10H14N2O.C9H17NO.C8H16N2O.C8H15NO.C5H13N/c1-7(2)10(13)12-9-4-5-11-8(3)6-9;1-8(2)10(13)12-7-9-4-3-5-11-6-9;1-8(2)10(13)12-7-9-5-3-4-6-11-9;1-7(2)9(11)10-8-5-3-4-6-8;1-6(2)8(11)9-7-4-10(3)5-7;1-6(2)8(10)9-7-4-3-5-7;1-5(2)4-6-3/h4-7H,1-3H3,(H,11,12,13);2*3-6,8H,7H2,1-2H3,(H,12,13);7-8H,3-6H2,1-2H3,(H,10,11);6-7H,4-5H2,1-3H3,(H,9,11);6-7H,3-5H2,1-2H3,(H,9,10);5-6H,4H2,1-3H3. The maximum Gasteiger partial charge on any atom is 0.226 e. The number of carbonyl (C=O) groups is 6. The van der Waals surface area contributed by atoms with Crippen LogP contribution < -0.4 is 37.2 Å². The number of amides is 6. The van der Waals surface area contributed by atoms with Crippen molar-refractivity contribution in [3.63, 3.8) is 0 Å². The van der Waals surface area contributed by atoms with Crippen LogP contribution in [0, 0.1) is 48.3 Å². The summed E-state index contributed by atoms with van der Waals surface area (Å²) < 4.78 is 0. The summed E-state index contributed by atoms with van der Waals surface area (Å²) in [6.45, 7) is 33.2. The molecule has 6 rings (SSSR count). The largest absolute Gasteiger partial charge is 0.353 e. The monoisotopic (exact) mass is 1070 g/mol. The first-order chi connectivity index (χ1) is 36.2. The number of pyridine rings is 3. The van der Waals surface area contributed by atoms with E-state index >= 15 is 0 Å². The first-order valence-corrected chi connectivity index (χ1v) is 28.1. The van der Waals surface area contributed by atoms with Crippen LogP contribution in [0.15, 0.2) is 67.3 Å². The zero-order valence-corrected chi connectivity index (χ0v) is 50.3. The predicted molar refractivity (Wildman–Crippen MR) is 313 cm³/mol. The Morgan fingerprint density at radius 2 is 1.03 bits per heavy atom. The second-order valence-corrected chi connectivity index (χ2v) is 22.2. The summed E-state index contributed by atoms with van der Waals surface area (Å²) in [5, 5.41) is 20.5. The molecule has 2 aliphatic carbocycles. The molecule has 3 fully saturated rings. The van der Waals surface area contributed by atoms with E-state index < -0.39 is 0 Å². The normalized spacial score (nSPS) is 13.9. The minimum Gasteiger partial charge on any atom is -0.353 e. The molecule has 17 nitrogen and oxygen atoms in total. The molecule has 0 spiro atoms. The highest BCUT2D eigenvalue weighted by molar-refractivity contribution is 5.92. The van der Waals surface area contributed by atoms with Gasteiger partial charge in [0.2, 0.25) is 35.4 Å². The lowest BCUT2D eigenvalue weighted by atomic mass is 9.93. The van der Waals surface area contributed by atoms with E-state index in [9.17, 15) is 28.8 Å². The molecule has 0 radical (unpaired) electrons. The SMILES string of the molecule is CC(C)C(=O)NC1CCC1.CC(C)C(=O)NC1CCCC1.CC(C)C(=O)NC1CN(C)C1.CC(C)C(=O)NCc1ccccn1.CC(C)C(=O)NCc1cccnc1.CNCC(C)C.Cc1cc(NC(=O)C(C)C)ccn1. The third-order valence-electron chi connectivity index (χ3n) is 11.8. The van der Waals surface area contributed by atoms with Gasteiger partial charge in [-0.05, 0) is 101 Å². The van der Waals surface area contributed by atoms with Crippen molar-refractivity contribution in [1.82, 2.24) is 51.8 Å². The van der Waals surface area contributed by atoms with E-state index in [-0.39, 0.29) is 71.0 Å². The fourth-order valence-electron chi connectivity index (χ4n) is 6.62. The first kappa shape index (κ1) is 71.2. The van der Waals surface area contributed by atoms with Crippen LogP contribution >= 0.6 is 0 Å². The van der Waals surface area contributed by atoms with Gasteiger partial charge in [0.1, 0.15) is 0 Å². The molecule has 1 saturated heterocycles. The van der Waals surface area contributed by atoms with Crippen molar-refractivity contribution in [1.29, 1.82) is 0 Å². The van der Waals surface area contributed by atoms with Gasteiger partial charge < -0.3 is 42.1 Å². The average Bonchev–Trinajstić information content (AvgIpc) is 3.87. The number of anilines is 1. The van der Waals surface area contributed by atoms with Gasteiger partial charge >= 0.3 is 0 Å². The first-order valence-electron chi connectivity index (χ1n) is 28.1. The Kier molecular flexibility index (Phi) is 38.2. The minimum atomic E-state index is 0.00784. The quantitative estimate of drug-likeness (QED) is 0.0718. The number of aryl methyl sites for hydroxylation is 1.